The fourth-order valence-corrected chi connectivity index (χ4v) is 4.02. The summed E-state index contributed by atoms with van der Waals surface area (Å²) in [5.41, 5.74) is 2.13. The molecule has 6 nitrogen and oxygen atoms in total. The van der Waals surface area contributed by atoms with Gasteiger partial charge in [-0.2, -0.15) is 5.10 Å². The van der Waals surface area contributed by atoms with Crippen molar-refractivity contribution in [3.05, 3.63) is 34.0 Å². The van der Waals surface area contributed by atoms with Gasteiger partial charge in [0.2, 0.25) is 5.91 Å². The number of rotatable bonds is 5. The standard InChI is InChI=1S/C16H23N5OS/c1-4-14(16-19-10(2)9-23-16)20-15(22)13-7-17-6-12(13)11-5-18-21(3)8-11/h5,8-9,12-14,17H,4,6-7H2,1-3H3,(H,20,22)/t12-,13+,14?/m1/s1. The lowest BCUT2D eigenvalue weighted by atomic mass is 9.90. The molecule has 0 aromatic carbocycles. The van der Waals surface area contributed by atoms with E-state index in [4.69, 9.17) is 0 Å². The van der Waals surface area contributed by atoms with Crippen LogP contribution in [0.2, 0.25) is 0 Å². The molecule has 3 rings (SSSR count). The average Bonchev–Trinajstić information content (AvgIpc) is 3.24. The summed E-state index contributed by atoms with van der Waals surface area (Å²) in [4.78, 5) is 17.3. The zero-order valence-corrected chi connectivity index (χ0v) is 14.6. The van der Waals surface area contributed by atoms with Crippen LogP contribution in [-0.4, -0.2) is 33.8 Å². The Balaban J connectivity index is 1.71. The van der Waals surface area contributed by atoms with Crippen LogP contribution in [0.5, 0.6) is 0 Å². The molecule has 1 amide bonds. The minimum absolute atomic E-state index is 0.00338. The molecular formula is C16H23N5OS. The Morgan fingerprint density at radius 3 is 3.00 bits per heavy atom. The molecule has 2 aromatic rings. The topological polar surface area (TPSA) is 71.8 Å². The molecule has 23 heavy (non-hydrogen) atoms. The van der Waals surface area contributed by atoms with E-state index in [0.29, 0.717) is 6.54 Å². The number of carbonyl (C=O) groups is 1. The largest absolute Gasteiger partial charge is 0.347 e. The van der Waals surface area contributed by atoms with E-state index < -0.39 is 0 Å². The molecule has 1 saturated heterocycles. The van der Waals surface area contributed by atoms with Crippen molar-refractivity contribution in [2.75, 3.05) is 13.1 Å². The summed E-state index contributed by atoms with van der Waals surface area (Å²) < 4.78 is 1.79. The maximum absolute atomic E-state index is 12.8. The third kappa shape index (κ3) is 3.45. The Hall–Kier alpha value is -1.73. The second-order valence-corrected chi connectivity index (χ2v) is 7.00. The lowest BCUT2D eigenvalue weighted by molar-refractivity contribution is -0.125. The quantitative estimate of drug-likeness (QED) is 0.874. The van der Waals surface area contributed by atoms with E-state index in [1.165, 1.54) is 0 Å². The fourth-order valence-electron chi connectivity index (χ4n) is 3.09. The van der Waals surface area contributed by atoms with Crippen LogP contribution in [0.15, 0.2) is 17.8 Å². The molecule has 1 aliphatic heterocycles. The van der Waals surface area contributed by atoms with Crippen molar-refractivity contribution in [1.29, 1.82) is 0 Å². The van der Waals surface area contributed by atoms with Crippen molar-refractivity contribution in [3.8, 4) is 0 Å². The highest BCUT2D eigenvalue weighted by Gasteiger charge is 2.35. The smallest absolute Gasteiger partial charge is 0.225 e. The minimum Gasteiger partial charge on any atom is -0.347 e. The van der Waals surface area contributed by atoms with Crippen molar-refractivity contribution in [3.63, 3.8) is 0 Å². The minimum atomic E-state index is -0.0608. The average molecular weight is 333 g/mol. The maximum Gasteiger partial charge on any atom is 0.225 e. The van der Waals surface area contributed by atoms with Crippen LogP contribution in [0.1, 0.15) is 41.6 Å². The lowest BCUT2D eigenvalue weighted by Gasteiger charge is -2.21. The second-order valence-electron chi connectivity index (χ2n) is 6.12. The predicted molar refractivity (Wildman–Crippen MR) is 90.3 cm³/mol. The molecule has 2 N–H and O–H groups in total. The van der Waals surface area contributed by atoms with Crippen LogP contribution in [-0.2, 0) is 11.8 Å². The van der Waals surface area contributed by atoms with Gasteiger partial charge in [0.15, 0.2) is 0 Å². The van der Waals surface area contributed by atoms with Gasteiger partial charge in [-0.15, -0.1) is 11.3 Å². The molecule has 0 radical (unpaired) electrons. The number of hydrogen-bond acceptors (Lipinski definition) is 5. The first kappa shape index (κ1) is 16.1. The van der Waals surface area contributed by atoms with Gasteiger partial charge in [-0.3, -0.25) is 9.48 Å². The highest BCUT2D eigenvalue weighted by molar-refractivity contribution is 7.09. The van der Waals surface area contributed by atoms with Crippen molar-refractivity contribution >= 4 is 17.2 Å². The first-order valence-electron chi connectivity index (χ1n) is 8.00. The number of nitrogens with zero attached hydrogens (tertiary/aromatic N) is 3. The van der Waals surface area contributed by atoms with Gasteiger partial charge in [-0.25, -0.2) is 4.98 Å². The Kier molecular flexibility index (Phi) is 4.77. The van der Waals surface area contributed by atoms with Crippen molar-refractivity contribution in [2.24, 2.45) is 13.0 Å². The number of hydrogen-bond donors (Lipinski definition) is 2. The summed E-state index contributed by atoms with van der Waals surface area (Å²) in [6, 6.07) is -0.00338. The van der Waals surface area contributed by atoms with Gasteiger partial charge in [0.1, 0.15) is 5.01 Å². The van der Waals surface area contributed by atoms with E-state index in [0.717, 1.165) is 29.2 Å². The molecule has 1 aliphatic rings. The Labute approximate surface area is 140 Å². The van der Waals surface area contributed by atoms with E-state index in [1.54, 1.807) is 16.0 Å². The van der Waals surface area contributed by atoms with E-state index in [1.807, 2.05) is 31.7 Å². The molecule has 0 bridgehead atoms. The molecule has 1 unspecified atom stereocenters. The summed E-state index contributed by atoms with van der Waals surface area (Å²) in [7, 11) is 1.90. The van der Waals surface area contributed by atoms with Gasteiger partial charge in [0.05, 0.1) is 18.2 Å². The molecule has 0 aliphatic carbocycles. The van der Waals surface area contributed by atoms with E-state index in [9.17, 15) is 4.79 Å². The Bertz CT molecular complexity index is 680. The molecule has 124 valence electrons. The maximum atomic E-state index is 12.8. The van der Waals surface area contributed by atoms with Crippen LogP contribution in [0.3, 0.4) is 0 Å². The monoisotopic (exact) mass is 333 g/mol. The highest BCUT2D eigenvalue weighted by Crippen LogP contribution is 2.29. The first-order valence-corrected chi connectivity index (χ1v) is 8.88. The third-order valence-electron chi connectivity index (χ3n) is 4.36. The number of thiazole rings is 1. The zero-order chi connectivity index (χ0) is 16.4. The van der Waals surface area contributed by atoms with Crippen LogP contribution in [0.25, 0.3) is 0 Å². The summed E-state index contributed by atoms with van der Waals surface area (Å²) in [6.07, 6.45) is 4.70. The Morgan fingerprint density at radius 2 is 2.39 bits per heavy atom. The number of nitrogens with one attached hydrogen (secondary N) is 2. The second kappa shape index (κ2) is 6.80. The van der Waals surface area contributed by atoms with Gasteiger partial charge >= 0.3 is 0 Å². The van der Waals surface area contributed by atoms with Crippen LogP contribution >= 0.6 is 11.3 Å². The number of amides is 1. The molecule has 7 heteroatoms. The van der Waals surface area contributed by atoms with E-state index in [-0.39, 0.29) is 23.8 Å². The van der Waals surface area contributed by atoms with Crippen LogP contribution in [0.4, 0.5) is 0 Å². The van der Waals surface area contributed by atoms with Crippen LogP contribution < -0.4 is 10.6 Å². The molecule has 3 heterocycles. The predicted octanol–water partition coefficient (Wildman–Crippen LogP) is 1.76. The summed E-state index contributed by atoms with van der Waals surface area (Å²) in [5, 5.41) is 13.8. The molecule has 0 saturated carbocycles. The fraction of sp³-hybridized carbons (Fsp3) is 0.562. The number of aromatic nitrogens is 3. The highest BCUT2D eigenvalue weighted by atomic mass is 32.1. The molecular weight excluding hydrogens is 310 g/mol. The molecule has 2 aromatic heterocycles. The molecule has 3 atom stereocenters. The number of carbonyl (C=O) groups excluding carboxylic acids is 1. The van der Waals surface area contributed by atoms with Gasteiger partial charge in [0, 0.05) is 43.3 Å². The van der Waals surface area contributed by atoms with Gasteiger partial charge in [0.25, 0.3) is 0 Å². The normalized spacial score (nSPS) is 22.2. The summed E-state index contributed by atoms with van der Waals surface area (Å²) >= 11 is 1.61. The molecule has 0 spiro atoms. The first-order chi connectivity index (χ1) is 11.1. The van der Waals surface area contributed by atoms with Gasteiger partial charge < -0.3 is 10.6 Å². The van der Waals surface area contributed by atoms with Crippen molar-refractivity contribution in [1.82, 2.24) is 25.4 Å². The zero-order valence-electron chi connectivity index (χ0n) is 13.7. The van der Waals surface area contributed by atoms with Crippen molar-refractivity contribution in [2.45, 2.75) is 32.2 Å². The van der Waals surface area contributed by atoms with Crippen LogP contribution in [0, 0.1) is 12.8 Å². The van der Waals surface area contributed by atoms with Gasteiger partial charge in [-0.05, 0) is 18.9 Å². The summed E-state index contributed by atoms with van der Waals surface area (Å²) in [5.74, 6) is 0.220. The summed E-state index contributed by atoms with van der Waals surface area (Å²) in [6.45, 7) is 5.58. The molecule has 1 fully saturated rings. The Morgan fingerprint density at radius 1 is 1.57 bits per heavy atom. The lowest BCUT2D eigenvalue weighted by Crippen LogP contribution is -2.36. The van der Waals surface area contributed by atoms with Crippen molar-refractivity contribution < 1.29 is 4.79 Å². The number of aryl methyl sites for hydroxylation is 2. The van der Waals surface area contributed by atoms with E-state index >= 15 is 0 Å². The van der Waals surface area contributed by atoms with Gasteiger partial charge in [-0.1, -0.05) is 6.92 Å². The third-order valence-corrected chi connectivity index (χ3v) is 5.44. The van der Waals surface area contributed by atoms with E-state index in [2.05, 4.69) is 27.6 Å². The SMILES string of the molecule is CCC(NC(=O)[C@H]1CNC[C@@H]1c1cnn(C)c1)c1nc(C)cs1.